The van der Waals surface area contributed by atoms with E-state index in [2.05, 4.69) is 17.1 Å². The molecule has 0 aliphatic rings. The number of nitrogens with zero attached hydrogens (tertiary/aromatic N) is 1. The molecule has 4 heteroatoms. The molecule has 0 spiro atoms. The number of thioether (sulfide) groups is 1. The highest BCUT2D eigenvalue weighted by Crippen LogP contribution is 2.24. The van der Waals surface area contributed by atoms with Crippen LogP contribution < -0.4 is 4.74 Å². The monoisotopic (exact) mass is 325 g/mol. The summed E-state index contributed by atoms with van der Waals surface area (Å²) in [4.78, 5) is 4.47. The predicted molar refractivity (Wildman–Crippen MR) is 95.9 cm³/mol. The van der Waals surface area contributed by atoms with E-state index in [1.54, 1.807) is 18.9 Å². The molecule has 1 N–H and O–H groups in total. The van der Waals surface area contributed by atoms with Gasteiger partial charge in [-0.15, -0.1) is 0 Å². The fourth-order valence-electron chi connectivity index (χ4n) is 2.41. The predicted octanol–water partition coefficient (Wildman–Crippen LogP) is 4.21. The van der Waals surface area contributed by atoms with Crippen LogP contribution in [-0.4, -0.2) is 23.0 Å². The first kappa shape index (κ1) is 15.8. The van der Waals surface area contributed by atoms with E-state index in [-0.39, 0.29) is 0 Å². The van der Waals surface area contributed by atoms with Gasteiger partial charge >= 0.3 is 0 Å². The van der Waals surface area contributed by atoms with E-state index in [1.165, 1.54) is 5.56 Å². The molecule has 118 valence electrons. The molecule has 1 atom stereocenters. The molecule has 0 amide bonds. The fourth-order valence-corrected chi connectivity index (χ4v) is 3.33. The number of ether oxygens (including phenoxy) is 1. The van der Waals surface area contributed by atoms with Crippen LogP contribution in [0.25, 0.3) is 10.9 Å². The highest BCUT2D eigenvalue weighted by molar-refractivity contribution is 7.98. The summed E-state index contributed by atoms with van der Waals surface area (Å²) in [6, 6.07) is 17.8. The largest absolute Gasteiger partial charge is 0.497 e. The van der Waals surface area contributed by atoms with E-state index in [0.29, 0.717) is 5.75 Å². The van der Waals surface area contributed by atoms with Gasteiger partial charge in [0.2, 0.25) is 0 Å². The Morgan fingerprint density at radius 2 is 1.91 bits per heavy atom. The minimum Gasteiger partial charge on any atom is -0.497 e. The zero-order chi connectivity index (χ0) is 16.1. The number of fused-ring (bicyclic) bond motifs is 1. The zero-order valence-electron chi connectivity index (χ0n) is 13.0. The van der Waals surface area contributed by atoms with Crippen LogP contribution in [-0.2, 0) is 5.75 Å². The van der Waals surface area contributed by atoms with E-state index in [1.807, 2.05) is 48.7 Å². The van der Waals surface area contributed by atoms with Crippen molar-refractivity contribution in [3.05, 3.63) is 71.9 Å². The lowest BCUT2D eigenvalue weighted by molar-refractivity contribution is 0.204. The molecule has 0 saturated heterocycles. The van der Waals surface area contributed by atoms with Gasteiger partial charge in [0.15, 0.2) is 0 Å². The second kappa shape index (κ2) is 7.49. The van der Waals surface area contributed by atoms with Gasteiger partial charge in [0.25, 0.3) is 0 Å². The molecule has 0 unspecified atom stereocenters. The second-order valence-electron chi connectivity index (χ2n) is 5.34. The third-order valence-corrected chi connectivity index (χ3v) is 4.78. The highest BCUT2D eigenvalue weighted by atomic mass is 32.2. The Morgan fingerprint density at radius 1 is 1.13 bits per heavy atom. The quantitative estimate of drug-likeness (QED) is 0.737. The third-order valence-electron chi connectivity index (χ3n) is 3.69. The Kier molecular flexibility index (Phi) is 5.16. The van der Waals surface area contributed by atoms with Gasteiger partial charge in [-0.3, -0.25) is 4.98 Å². The average molecular weight is 325 g/mol. The molecule has 3 rings (SSSR count). The van der Waals surface area contributed by atoms with Gasteiger partial charge in [-0.05, 0) is 35.4 Å². The lowest BCUT2D eigenvalue weighted by Crippen LogP contribution is -2.01. The van der Waals surface area contributed by atoms with Crippen molar-refractivity contribution in [2.75, 3.05) is 12.9 Å². The Bertz CT molecular complexity index is 774. The zero-order valence-corrected chi connectivity index (χ0v) is 13.8. The number of pyridine rings is 1. The van der Waals surface area contributed by atoms with Crippen molar-refractivity contribution in [2.45, 2.75) is 11.9 Å². The van der Waals surface area contributed by atoms with Crippen LogP contribution in [0.1, 0.15) is 17.2 Å². The summed E-state index contributed by atoms with van der Waals surface area (Å²) in [6.07, 6.45) is 1.44. The van der Waals surface area contributed by atoms with Gasteiger partial charge < -0.3 is 9.84 Å². The summed E-state index contributed by atoms with van der Waals surface area (Å²) in [6.45, 7) is 0. The number of benzene rings is 2. The van der Waals surface area contributed by atoms with Crippen molar-refractivity contribution in [2.24, 2.45) is 0 Å². The van der Waals surface area contributed by atoms with Crippen molar-refractivity contribution in [1.29, 1.82) is 0 Å². The van der Waals surface area contributed by atoms with Crippen molar-refractivity contribution in [3.8, 4) is 5.75 Å². The van der Waals surface area contributed by atoms with Crippen LogP contribution in [0.5, 0.6) is 5.75 Å². The van der Waals surface area contributed by atoms with Crippen LogP contribution in [0.3, 0.4) is 0 Å². The van der Waals surface area contributed by atoms with Gasteiger partial charge in [0.05, 0.1) is 18.7 Å². The molecule has 1 heterocycles. The van der Waals surface area contributed by atoms with E-state index in [0.717, 1.165) is 28.0 Å². The minimum absolute atomic E-state index is 0.473. The molecule has 0 aliphatic heterocycles. The maximum atomic E-state index is 10.3. The Hall–Kier alpha value is -2.04. The van der Waals surface area contributed by atoms with Crippen LogP contribution in [0.15, 0.2) is 60.8 Å². The number of hydrogen-bond donors (Lipinski definition) is 1. The number of hydrogen-bond acceptors (Lipinski definition) is 4. The van der Waals surface area contributed by atoms with Gasteiger partial charge in [0, 0.05) is 23.1 Å². The Labute approximate surface area is 140 Å². The van der Waals surface area contributed by atoms with E-state index >= 15 is 0 Å². The molecular weight excluding hydrogens is 306 g/mol. The number of aliphatic hydroxyl groups is 1. The molecule has 0 aliphatic carbocycles. The SMILES string of the molecule is COc1ccc([C@H](O)CSCc2cnc3ccccc3c2)cc1. The van der Waals surface area contributed by atoms with Crippen LogP contribution in [0, 0.1) is 0 Å². The number of rotatable bonds is 6. The van der Waals surface area contributed by atoms with Gasteiger partial charge in [-0.1, -0.05) is 30.3 Å². The molecular formula is C19H19NO2S. The highest BCUT2D eigenvalue weighted by Gasteiger charge is 2.08. The first-order chi connectivity index (χ1) is 11.3. The smallest absolute Gasteiger partial charge is 0.118 e. The molecule has 0 fully saturated rings. The number of methoxy groups -OCH3 is 1. The van der Waals surface area contributed by atoms with Gasteiger partial charge in [-0.2, -0.15) is 11.8 Å². The summed E-state index contributed by atoms with van der Waals surface area (Å²) in [5.41, 5.74) is 3.10. The van der Waals surface area contributed by atoms with Crippen LogP contribution in [0.4, 0.5) is 0 Å². The van der Waals surface area contributed by atoms with E-state index < -0.39 is 6.10 Å². The van der Waals surface area contributed by atoms with Gasteiger partial charge in [0.1, 0.15) is 5.75 Å². The molecule has 3 nitrogen and oxygen atoms in total. The lowest BCUT2D eigenvalue weighted by atomic mass is 10.1. The third kappa shape index (κ3) is 4.03. The summed E-state index contributed by atoms with van der Waals surface area (Å²) >= 11 is 1.71. The van der Waals surface area contributed by atoms with E-state index in [9.17, 15) is 5.11 Å². The summed E-state index contributed by atoms with van der Waals surface area (Å²) in [5.74, 6) is 2.29. The van der Waals surface area contributed by atoms with Crippen LogP contribution >= 0.6 is 11.8 Å². The van der Waals surface area contributed by atoms with Crippen molar-refractivity contribution < 1.29 is 9.84 Å². The van der Waals surface area contributed by atoms with E-state index in [4.69, 9.17) is 4.74 Å². The fraction of sp³-hybridized carbons (Fsp3) is 0.211. The number of para-hydroxylation sites is 1. The topological polar surface area (TPSA) is 42.4 Å². The molecule has 23 heavy (non-hydrogen) atoms. The Morgan fingerprint density at radius 3 is 2.70 bits per heavy atom. The summed E-state index contributed by atoms with van der Waals surface area (Å²) in [5, 5.41) is 11.4. The normalized spacial score (nSPS) is 12.3. The number of aromatic nitrogens is 1. The van der Waals surface area contributed by atoms with Crippen molar-refractivity contribution in [3.63, 3.8) is 0 Å². The number of aliphatic hydroxyl groups excluding tert-OH is 1. The minimum atomic E-state index is -0.473. The summed E-state index contributed by atoms with van der Waals surface area (Å²) < 4.78 is 5.13. The second-order valence-corrected chi connectivity index (χ2v) is 6.37. The first-order valence-electron chi connectivity index (χ1n) is 7.49. The van der Waals surface area contributed by atoms with Crippen molar-refractivity contribution in [1.82, 2.24) is 4.98 Å². The molecule has 0 saturated carbocycles. The standard InChI is InChI=1S/C19H19NO2S/c1-22-17-8-6-15(7-9-17)19(21)13-23-12-14-10-16-4-2-3-5-18(16)20-11-14/h2-11,19,21H,12-13H2,1H3/t19-/m1/s1. The molecule has 3 aromatic rings. The Balaban J connectivity index is 1.56. The molecule has 1 aromatic heterocycles. The average Bonchev–Trinajstić information content (AvgIpc) is 2.61. The molecule has 0 radical (unpaired) electrons. The van der Waals surface area contributed by atoms with Crippen molar-refractivity contribution >= 4 is 22.7 Å². The first-order valence-corrected chi connectivity index (χ1v) is 8.65. The molecule has 2 aromatic carbocycles. The molecule has 0 bridgehead atoms. The van der Waals surface area contributed by atoms with Crippen LogP contribution in [0.2, 0.25) is 0 Å². The summed E-state index contributed by atoms with van der Waals surface area (Å²) in [7, 11) is 1.64. The maximum absolute atomic E-state index is 10.3. The lowest BCUT2D eigenvalue weighted by Gasteiger charge is -2.11. The van der Waals surface area contributed by atoms with Gasteiger partial charge in [-0.25, -0.2) is 0 Å². The maximum Gasteiger partial charge on any atom is 0.118 e.